The van der Waals surface area contributed by atoms with E-state index in [9.17, 15) is 4.79 Å². The van der Waals surface area contributed by atoms with Crippen molar-refractivity contribution >= 4 is 5.78 Å². The molecule has 0 radical (unpaired) electrons. The Morgan fingerprint density at radius 3 is 2.81 bits per heavy atom. The van der Waals surface area contributed by atoms with Crippen LogP contribution in [0.3, 0.4) is 0 Å². The van der Waals surface area contributed by atoms with Crippen molar-refractivity contribution in [3.05, 3.63) is 41.8 Å². The molecule has 0 aliphatic carbocycles. The van der Waals surface area contributed by atoms with Crippen LogP contribution >= 0.6 is 0 Å². The van der Waals surface area contributed by atoms with Crippen LogP contribution in [0.4, 0.5) is 0 Å². The van der Waals surface area contributed by atoms with E-state index in [0.717, 1.165) is 11.1 Å². The molecule has 1 aromatic carbocycles. The van der Waals surface area contributed by atoms with E-state index >= 15 is 0 Å². The lowest BCUT2D eigenvalue weighted by Gasteiger charge is -1.98. The third-order valence-corrected chi connectivity index (χ3v) is 2.36. The average molecular weight is 215 g/mol. The van der Waals surface area contributed by atoms with Crippen molar-refractivity contribution in [3.8, 4) is 11.5 Å². The lowest BCUT2D eigenvalue weighted by molar-refractivity contribution is -0.116. The summed E-state index contributed by atoms with van der Waals surface area (Å²) >= 11 is 0. The molecule has 3 nitrogen and oxygen atoms in total. The van der Waals surface area contributed by atoms with Crippen molar-refractivity contribution in [2.75, 3.05) is 0 Å². The van der Waals surface area contributed by atoms with Gasteiger partial charge in [-0.25, -0.2) is 4.98 Å². The summed E-state index contributed by atoms with van der Waals surface area (Å²) in [6.45, 7) is 3.55. The average Bonchev–Trinajstić information content (AvgIpc) is 2.66. The van der Waals surface area contributed by atoms with Gasteiger partial charge in [0, 0.05) is 5.56 Å². The van der Waals surface area contributed by atoms with Crippen molar-refractivity contribution in [2.45, 2.75) is 20.3 Å². The van der Waals surface area contributed by atoms with E-state index in [1.54, 1.807) is 13.2 Å². The molecule has 0 aliphatic heterocycles. The molecule has 0 N–H and O–H groups in total. The Morgan fingerprint density at radius 1 is 1.38 bits per heavy atom. The SMILES string of the molecule is CC(=O)Cc1coc(-c2ccccc2C)n1. The Kier molecular flexibility index (Phi) is 2.86. The molecule has 82 valence electrons. The quantitative estimate of drug-likeness (QED) is 0.790. The molecule has 0 fully saturated rings. The first kappa shape index (κ1) is 10.6. The summed E-state index contributed by atoms with van der Waals surface area (Å²) in [4.78, 5) is 15.2. The smallest absolute Gasteiger partial charge is 0.226 e. The maximum atomic E-state index is 10.9. The predicted octanol–water partition coefficient (Wildman–Crippen LogP) is 2.78. The highest BCUT2D eigenvalue weighted by atomic mass is 16.3. The van der Waals surface area contributed by atoms with E-state index in [4.69, 9.17) is 4.42 Å². The number of Topliss-reactive ketones (excluding diaryl/α,β-unsaturated/α-hetero) is 1. The van der Waals surface area contributed by atoms with E-state index in [1.165, 1.54) is 0 Å². The number of nitrogens with zero attached hydrogens (tertiary/aromatic N) is 1. The fourth-order valence-electron chi connectivity index (χ4n) is 1.58. The highest BCUT2D eigenvalue weighted by Gasteiger charge is 2.09. The molecule has 0 bridgehead atoms. The number of ketones is 1. The van der Waals surface area contributed by atoms with Crippen LogP contribution in [0.15, 0.2) is 34.9 Å². The summed E-state index contributed by atoms with van der Waals surface area (Å²) in [6.07, 6.45) is 1.87. The van der Waals surface area contributed by atoms with Gasteiger partial charge in [0.05, 0.1) is 12.1 Å². The molecule has 0 saturated heterocycles. The molecule has 1 heterocycles. The molecule has 3 heteroatoms. The minimum Gasteiger partial charge on any atom is -0.444 e. The van der Waals surface area contributed by atoms with Gasteiger partial charge in [-0.1, -0.05) is 18.2 Å². The second-order valence-electron chi connectivity index (χ2n) is 3.84. The summed E-state index contributed by atoms with van der Waals surface area (Å²) in [5.74, 6) is 0.666. The van der Waals surface area contributed by atoms with Crippen LogP contribution in [-0.2, 0) is 11.2 Å². The van der Waals surface area contributed by atoms with Gasteiger partial charge in [0.15, 0.2) is 0 Å². The lowest BCUT2D eigenvalue weighted by Crippen LogP contribution is -1.96. The summed E-state index contributed by atoms with van der Waals surface area (Å²) in [7, 11) is 0. The highest BCUT2D eigenvalue weighted by molar-refractivity contribution is 5.77. The summed E-state index contributed by atoms with van der Waals surface area (Å²) in [5, 5.41) is 0. The molecule has 0 aliphatic rings. The van der Waals surface area contributed by atoms with Gasteiger partial charge in [-0.05, 0) is 25.5 Å². The van der Waals surface area contributed by atoms with Crippen molar-refractivity contribution < 1.29 is 9.21 Å². The van der Waals surface area contributed by atoms with Crippen LogP contribution in [-0.4, -0.2) is 10.8 Å². The fraction of sp³-hybridized carbons (Fsp3) is 0.231. The fourth-order valence-corrected chi connectivity index (χ4v) is 1.58. The Morgan fingerprint density at radius 2 is 2.12 bits per heavy atom. The van der Waals surface area contributed by atoms with Crippen LogP contribution < -0.4 is 0 Å². The van der Waals surface area contributed by atoms with Gasteiger partial charge in [0.25, 0.3) is 0 Å². The maximum absolute atomic E-state index is 10.9. The number of carbonyl (C=O) groups excluding carboxylic acids is 1. The number of carbonyl (C=O) groups is 1. The standard InChI is InChI=1S/C13H13NO2/c1-9-5-3-4-6-12(9)13-14-11(8-16-13)7-10(2)15/h3-6,8H,7H2,1-2H3. The molecule has 0 unspecified atom stereocenters. The molecule has 2 aromatic rings. The van der Waals surface area contributed by atoms with Gasteiger partial charge in [-0.15, -0.1) is 0 Å². The number of benzene rings is 1. The topological polar surface area (TPSA) is 43.1 Å². The van der Waals surface area contributed by atoms with Gasteiger partial charge in [-0.2, -0.15) is 0 Å². The first-order chi connectivity index (χ1) is 7.66. The van der Waals surface area contributed by atoms with E-state index in [0.29, 0.717) is 18.0 Å². The van der Waals surface area contributed by atoms with Crippen LogP contribution in [0.5, 0.6) is 0 Å². The highest BCUT2D eigenvalue weighted by Crippen LogP contribution is 2.22. The second-order valence-corrected chi connectivity index (χ2v) is 3.84. The molecule has 0 amide bonds. The first-order valence-corrected chi connectivity index (χ1v) is 5.16. The summed E-state index contributed by atoms with van der Waals surface area (Å²) in [5.41, 5.74) is 2.77. The Bertz CT molecular complexity index is 514. The molecule has 2 rings (SSSR count). The van der Waals surface area contributed by atoms with E-state index in [2.05, 4.69) is 4.98 Å². The van der Waals surface area contributed by atoms with Crippen LogP contribution in [0.2, 0.25) is 0 Å². The third kappa shape index (κ3) is 2.19. The van der Waals surface area contributed by atoms with Crippen LogP contribution in [0.1, 0.15) is 18.2 Å². The zero-order valence-electron chi connectivity index (χ0n) is 9.36. The monoisotopic (exact) mass is 215 g/mol. The number of aryl methyl sites for hydroxylation is 1. The van der Waals surface area contributed by atoms with Crippen molar-refractivity contribution in [1.29, 1.82) is 0 Å². The van der Waals surface area contributed by atoms with Crippen molar-refractivity contribution in [3.63, 3.8) is 0 Å². The zero-order chi connectivity index (χ0) is 11.5. The molecular weight excluding hydrogens is 202 g/mol. The van der Waals surface area contributed by atoms with E-state index < -0.39 is 0 Å². The largest absolute Gasteiger partial charge is 0.444 e. The second kappa shape index (κ2) is 4.31. The van der Waals surface area contributed by atoms with Crippen LogP contribution in [0.25, 0.3) is 11.5 Å². The minimum absolute atomic E-state index is 0.0876. The molecule has 1 aromatic heterocycles. The Labute approximate surface area is 94.1 Å². The van der Waals surface area contributed by atoms with Gasteiger partial charge in [-0.3, -0.25) is 4.79 Å². The van der Waals surface area contributed by atoms with E-state index in [1.807, 2.05) is 31.2 Å². The Balaban J connectivity index is 2.32. The summed E-state index contributed by atoms with van der Waals surface area (Å²) < 4.78 is 5.37. The minimum atomic E-state index is 0.0876. The van der Waals surface area contributed by atoms with Crippen LogP contribution in [0, 0.1) is 6.92 Å². The molecule has 0 spiro atoms. The lowest BCUT2D eigenvalue weighted by atomic mass is 10.1. The van der Waals surface area contributed by atoms with Gasteiger partial charge in [0.1, 0.15) is 12.0 Å². The number of hydrogen-bond donors (Lipinski definition) is 0. The van der Waals surface area contributed by atoms with E-state index in [-0.39, 0.29) is 5.78 Å². The number of rotatable bonds is 3. The predicted molar refractivity (Wildman–Crippen MR) is 61.1 cm³/mol. The van der Waals surface area contributed by atoms with Crippen molar-refractivity contribution in [1.82, 2.24) is 4.98 Å². The molecule has 16 heavy (non-hydrogen) atoms. The number of oxazole rings is 1. The Hall–Kier alpha value is -1.90. The van der Waals surface area contributed by atoms with Gasteiger partial charge < -0.3 is 4.42 Å². The molecular formula is C13H13NO2. The summed E-state index contributed by atoms with van der Waals surface area (Å²) in [6, 6.07) is 7.87. The molecule has 0 atom stereocenters. The van der Waals surface area contributed by atoms with Crippen molar-refractivity contribution in [2.24, 2.45) is 0 Å². The molecule has 0 saturated carbocycles. The maximum Gasteiger partial charge on any atom is 0.226 e. The first-order valence-electron chi connectivity index (χ1n) is 5.16. The zero-order valence-corrected chi connectivity index (χ0v) is 9.36. The normalized spacial score (nSPS) is 10.4. The number of hydrogen-bond acceptors (Lipinski definition) is 3. The number of aromatic nitrogens is 1. The van der Waals surface area contributed by atoms with Gasteiger partial charge in [0.2, 0.25) is 5.89 Å². The third-order valence-electron chi connectivity index (χ3n) is 2.36. The van der Waals surface area contributed by atoms with Gasteiger partial charge >= 0.3 is 0 Å².